The van der Waals surface area contributed by atoms with Crippen molar-refractivity contribution < 1.29 is 14.4 Å². The molecule has 8 heteroatoms. The summed E-state index contributed by atoms with van der Waals surface area (Å²) in [5, 5.41) is 9.19. The first-order valence-corrected chi connectivity index (χ1v) is 10.2. The molecule has 1 fully saturated rings. The summed E-state index contributed by atoms with van der Waals surface area (Å²) >= 11 is 1.15. The van der Waals surface area contributed by atoms with E-state index in [1.54, 1.807) is 6.07 Å². The Morgan fingerprint density at radius 3 is 2.62 bits per heavy atom. The van der Waals surface area contributed by atoms with E-state index in [4.69, 9.17) is 5.73 Å². The molecule has 3 rings (SSSR count). The van der Waals surface area contributed by atoms with Gasteiger partial charge in [0.25, 0.3) is 0 Å². The SMILES string of the molecule is CCCCc1ccc(C#N)c(SC2CC(=O)N(c3ccc(C(N)=O)cc3)C2=O)n1. The highest BCUT2D eigenvalue weighted by Crippen LogP contribution is 2.34. The third kappa shape index (κ3) is 4.46. The van der Waals surface area contributed by atoms with E-state index < -0.39 is 11.2 Å². The fraction of sp³-hybridized carbons (Fsp3) is 0.286. The first-order chi connectivity index (χ1) is 13.9. The normalized spacial score (nSPS) is 16.1. The Morgan fingerprint density at radius 1 is 1.28 bits per heavy atom. The van der Waals surface area contributed by atoms with Gasteiger partial charge in [-0.2, -0.15) is 5.26 Å². The van der Waals surface area contributed by atoms with Crippen LogP contribution in [0.5, 0.6) is 0 Å². The van der Waals surface area contributed by atoms with Crippen molar-refractivity contribution in [3.63, 3.8) is 0 Å². The van der Waals surface area contributed by atoms with E-state index >= 15 is 0 Å². The maximum absolute atomic E-state index is 12.9. The number of pyridine rings is 1. The summed E-state index contributed by atoms with van der Waals surface area (Å²) in [5.41, 5.74) is 7.16. The molecule has 29 heavy (non-hydrogen) atoms. The molecule has 2 aromatic rings. The monoisotopic (exact) mass is 408 g/mol. The zero-order valence-corrected chi connectivity index (χ0v) is 16.7. The lowest BCUT2D eigenvalue weighted by atomic mass is 10.2. The van der Waals surface area contributed by atoms with Gasteiger partial charge in [-0.25, -0.2) is 9.88 Å². The van der Waals surface area contributed by atoms with Crippen molar-refractivity contribution >= 4 is 35.2 Å². The number of carbonyl (C=O) groups excluding carboxylic acids is 3. The number of hydrogen-bond donors (Lipinski definition) is 1. The fourth-order valence-electron chi connectivity index (χ4n) is 3.03. The van der Waals surface area contributed by atoms with Crippen molar-refractivity contribution in [1.82, 2.24) is 4.98 Å². The molecule has 148 valence electrons. The quantitative estimate of drug-likeness (QED) is 0.704. The van der Waals surface area contributed by atoms with Gasteiger partial charge >= 0.3 is 0 Å². The maximum atomic E-state index is 12.9. The molecule has 7 nitrogen and oxygen atoms in total. The standard InChI is InChI=1S/C21H20N4O3S/c1-2-3-4-15-8-5-14(12-22)20(24-15)29-17-11-18(26)25(21(17)28)16-9-6-13(7-10-16)19(23)27/h5-10,17H,2-4,11H2,1H3,(H2,23,27). The topological polar surface area (TPSA) is 117 Å². The summed E-state index contributed by atoms with van der Waals surface area (Å²) < 4.78 is 0. The van der Waals surface area contributed by atoms with Gasteiger partial charge in [0, 0.05) is 17.7 Å². The zero-order chi connectivity index (χ0) is 21.0. The van der Waals surface area contributed by atoms with Gasteiger partial charge in [-0.1, -0.05) is 25.1 Å². The molecule has 1 aliphatic heterocycles. The molecule has 1 aliphatic rings. The number of carbonyl (C=O) groups is 3. The number of unbranched alkanes of at least 4 members (excludes halogenated alkanes) is 1. The number of rotatable bonds is 7. The van der Waals surface area contributed by atoms with Crippen molar-refractivity contribution in [2.24, 2.45) is 5.73 Å². The van der Waals surface area contributed by atoms with Crippen LogP contribution < -0.4 is 10.6 Å². The summed E-state index contributed by atoms with van der Waals surface area (Å²) in [5.74, 6) is -1.28. The van der Waals surface area contributed by atoms with Crippen molar-refractivity contribution in [1.29, 1.82) is 5.26 Å². The van der Waals surface area contributed by atoms with E-state index in [0.29, 0.717) is 21.8 Å². The molecule has 1 aromatic heterocycles. The number of benzene rings is 1. The molecule has 2 N–H and O–H groups in total. The van der Waals surface area contributed by atoms with Crippen molar-refractivity contribution in [3.8, 4) is 6.07 Å². The van der Waals surface area contributed by atoms with Gasteiger partial charge in [0.05, 0.1) is 16.5 Å². The predicted molar refractivity (Wildman–Crippen MR) is 109 cm³/mol. The number of imide groups is 1. The zero-order valence-electron chi connectivity index (χ0n) is 15.9. The van der Waals surface area contributed by atoms with Gasteiger partial charge in [0.2, 0.25) is 17.7 Å². The van der Waals surface area contributed by atoms with Crippen LogP contribution >= 0.6 is 11.8 Å². The summed E-state index contributed by atoms with van der Waals surface area (Å²) in [6.45, 7) is 2.09. The Kier molecular flexibility index (Phi) is 6.29. The number of nitrogens with zero attached hydrogens (tertiary/aromatic N) is 3. The summed E-state index contributed by atoms with van der Waals surface area (Å²) in [4.78, 5) is 42.2. The van der Waals surface area contributed by atoms with E-state index in [1.165, 1.54) is 24.3 Å². The third-order valence-electron chi connectivity index (χ3n) is 4.59. The van der Waals surface area contributed by atoms with Crippen LogP contribution in [-0.4, -0.2) is 28.0 Å². The van der Waals surface area contributed by atoms with Crippen LogP contribution in [0.4, 0.5) is 5.69 Å². The average molecular weight is 408 g/mol. The molecular weight excluding hydrogens is 388 g/mol. The van der Waals surface area contributed by atoms with Crippen LogP contribution in [0.2, 0.25) is 0 Å². The highest BCUT2D eigenvalue weighted by atomic mass is 32.2. The summed E-state index contributed by atoms with van der Waals surface area (Å²) in [6, 6.07) is 11.6. The molecule has 3 amide bonds. The highest BCUT2D eigenvalue weighted by Gasteiger charge is 2.40. The second-order valence-corrected chi connectivity index (χ2v) is 7.85. The lowest BCUT2D eigenvalue weighted by Crippen LogP contribution is -2.31. The Morgan fingerprint density at radius 2 is 2.00 bits per heavy atom. The van der Waals surface area contributed by atoms with Gasteiger partial charge in [0.1, 0.15) is 11.1 Å². The Labute approximate surface area is 172 Å². The molecule has 0 radical (unpaired) electrons. The van der Waals surface area contributed by atoms with Gasteiger partial charge in [0.15, 0.2) is 0 Å². The number of aryl methyl sites for hydroxylation is 1. The minimum Gasteiger partial charge on any atom is -0.366 e. The number of hydrogen-bond acceptors (Lipinski definition) is 6. The van der Waals surface area contributed by atoms with Crippen LogP contribution in [0.1, 0.15) is 47.8 Å². The highest BCUT2D eigenvalue weighted by molar-refractivity contribution is 8.00. The molecule has 0 spiro atoms. The Balaban J connectivity index is 1.81. The molecule has 1 aromatic carbocycles. The summed E-state index contributed by atoms with van der Waals surface area (Å²) in [6.07, 6.45) is 2.83. The fourth-order valence-corrected chi connectivity index (χ4v) is 4.14. The Hall–Kier alpha value is -3.18. The minimum absolute atomic E-state index is 0.0206. The number of primary amides is 1. The van der Waals surface area contributed by atoms with Crippen LogP contribution in [0.15, 0.2) is 41.4 Å². The molecular formula is C21H20N4O3S. The molecule has 0 aliphatic carbocycles. The maximum Gasteiger partial charge on any atom is 0.248 e. The first-order valence-electron chi connectivity index (χ1n) is 9.28. The molecule has 0 bridgehead atoms. The van der Waals surface area contributed by atoms with E-state index in [-0.39, 0.29) is 18.2 Å². The number of anilines is 1. The second-order valence-electron chi connectivity index (χ2n) is 6.66. The van der Waals surface area contributed by atoms with Crippen LogP contribution in [0.3, 0.4) is 0 Å². The molecule has 2 heterocycles. The largest absolute Gasteiger partial charge is 0.366 e. The lowest BCUT2D eigenvalue weighted by molar-refractivity contribution is -0.121. The molecule has 1 atom stereocenters. The minimum atomic E-state index is -0.653. The lowest BCUT2D eigenvalue weighted by Gasteiger charge is -2.15. The smallest absolute Gasteiger partial charge is 0.248 e. The molecule has 0 saturated carbocycles. The summed E-state index contributed by atoms with van der Waals surface area (Å²) in [7, 11) is 0. The predicted octanol–water partition coefficient (Wildman–Crippen LogP) is 2.82. The number of amides is 3. The van der Waals surface area contributed by atoms with Crippen molar-refractivity contribution in [3.05, 3.63) is 53.2 Å². The number of nitriles is 1. The van der Waals surface area contributed by atoms with Crippen LogP contribution in [-0.2, 0) is 16.0 Å². The molecule has 1 saturated heterocycles. The number of aromatic nitrogens is 1. The van der Waals surface area contributed by atoms with Crippen LogP contribution in [0, 0.1) is 11.3 Å². The third-order valence-corrected chi connectivity index (χ3v) is 5.78. The van der Waals surface area contributed by atoms with Gasteiger partial charge in [-0.3, -0.25) is 14.4 Å². The van der Waals surface area contributed by atoms with Crippen molar-refractivity contribution in [2.75, 3.05) is 4.90 Å². The van der Waals surface area contributed by atoms with Crippen LogP contribution in [0.25, 0.3) is 0 Å². The van der Waals surface area contributed by atoms with E-state index in [9.17, 15) is 19.6 Å². The van der Waals surface area contributed by atoms with E-state index in [1.807, 2.05) is 6.07 Å². The Bertz CT molecular complexity index is 998. The van der Waals surface area contributed by atoms with Gasteiger partial charge < -0.3 is 5.73 Å². The first kappa shape index (κ1) is 20.6. The second kappa shape index (κ2) is 8.88. The van der Waals surface area contributed by atoms with Gasteiger partial charge in [-0.15, -0.1) is 0 Å². The number of thioether (sulfide) groups is 1. The van der Waals surface area contributed by atoms with E-state index in [2.05, 4.69) is 18.0 Å². The molecule has 1 unspecified atom stereocenters. The number of nitrogens with two attached hydrogens (primary N) is 1. The van der Waals surface area contributed by atoms with Crippen molar-refractivity contribution in [2.45, 2.75) is 42.9 Å². The van der Waals surface area contributed by atoms with Gasteiger partial charge in [-0.05, 0) is 49.2 Å². The van der Waals surface area contributed by atoms with E-state index in [0.717, 1.165) is 41.6 Å². The average Bonchev–Trinajstić information content (AvgIpc) is 2.99.